The summed E-state index contributed by atoms with van der Waals surface area (Å²) in [4.78, 5) is 1.37. The van der Waals surface area contributed by atoms with Crippen LogP contribution in [0.3, 0.4) is 0 Å². The van der Waals surface area contributed by atoms with E-state index in [1.54, 1.807) is 32.7 Å². The first kappa shape index (κ1) is 14.5. The molecule has 1 N–H and O–H groups in total. The smallest absolute Gasteiger partial charge is 0.203 e. The van der Waals surface area contributed by atoms with Crippen molar-refractivity contribution in [2.45, 2.75) is 6.42 Å². The molecule has 5 heteroatoms. The molecule has 0 aliphatic carbocycles. The van der Waals surface area contributed by atoms with Gasteiger partial charge in [0.2, 0.25) is 5.75 Å². The minimum absolute atomic E-state index is 0.610. The first-order chi connectivity index (χ1) is 9.78. The Morgan fingerprint density at radius 3 is 2.25 bits per heavy atom. The maximum atomic E-state index is 5.33. The van der Waals surface area contributed by atoms with Crippen LogP contribution in [0.15, 0.2) is 29.6 Å². The van der Waals surface area contributed by atoms with Gasteiger partial charge in [-0.15, -0.1) is 11.3 Å². The van der Waals surface area contributed by atoms with E-state index in [4.69, 9.17) is 14.2 Å². The zero-order valence-electron chi connectivity index (χ0n) is 11.9. The molecule has 20 heavy (non-hydrogen) atoms. The summed E-state index contributed by atoms with van der Waals surface area (Å²) in [5.74, 6) is 1.93. The van der Waals surface area contributed by atoms with E-state index in [-0.39, 0.29) is 0 Å². The third kappa shape index (κ3) is 3.36. The molecule has 0 radical (unpaired) electrons. The highest BCUT2D eigenvalue weighted by atomic mass is 32.1. The summed E-state index contributed by atoms with van der Waals surface area (Å²) in [6.45, 7) is 0.860. The average molecular weight is 293 g/mol. The van der Waals surface area contributed by atoms with Crippen LogP contribution in [0.5, 0.6) is 17.2 Å². The first-order valence-corrected chi connectivity index (χ1v) is 7.22. The quantitative estimate of drug-likeness (QED) is 0.849. The number of hydrogen-bond donors (Lipinski definition) is 1. The summed E-state index contributed by atoms with van der Waals surface area (Å²) < 4.78 is 16.0. The van der Waals surface area contributed by atoms with Gasteiger partial charge >= 0.3 is 0 Å². The zero-order valence-corrected chi connectivity index (χ0v) is 12.8. The Hall–Kier alpha value is -1.88. The van der Waals surface area contributed by atoms with Crippen LogP contribution >= 0.6 is 11.3 Å². The number of anilines is 1. The van der Waals surface area contributed by atoms with E-state index in [0.717, 1.165) is 18.7 Å². The van der Waals surface area contributed by atoms with Gasteiger partial charge in [0.05, 0.1) is 21.3 Å². The normalized spacial score (nSPS) is 10.2. The largest absolute Gasteiger partial charge is 0.493 e. The van der Waals surface area contributed by atoms with Gasteiger partial charge in [-0.05, 0) is 17.9 Å². The third-order valence-corrected chi connectivity index (χ3v) is 3.88. The molecule has 0 amide bonds. The molecule has 1 aromatic heterocycles. The zero-order chi connectivity index (χ0) is 14.4. The van der Waals surface area contributed by atoms with E-state index in [0.29, 0.717) is 17.2 Å². The van der Waals surface area contributed by atoms with Crippen molar-refractivity contribution in [2.75, 3.05) is 33.2 Å². The van der Waals surface area contributed by atoms with E-state index in [1.165, 1.54) is 4.88 Å². The van der Waals surface area contributed by atoms with Crippen molar-refractivity contribution in [3.8, 4) is 17.2 Å². The summed E-state index contributed by atoms with van der Waals surface area (Å²) >= 11 is 1.77. The van der Waals surface area contributed by atoms with Gasteiger partial charge in [-0.25, -0.2) is 0 Å². The summed E-state index contributed by atoms with van der Waals surface area (Å²) in [5.41, 5.74) is 0.955. The molecule has 0 aliphatic heterocycles. The lowest BCUT2D eigenvalue weighted by Gasteiger charge is -2.15. The summed E-state index contributed by atoms with van der Waals surface area (Å²) in [6.07, 6.45) is 0.994. The maximum Gasteiger partial charge on any atom is 0.203 e. The number of nitrogens with one attached hydrogen (secondary N) is 1. The van der Waals surface area contributed by atoms with Crippen LogP contribution in [0.1, 0.15) is 4.88 Å². The van der Waals surface area contributed by atoms with Gasteiger partial charge in [0, 0.05) is 29.2 Å². The van der Waals surface area contributed by atoms with Gasteiger partial charge in [0.1, 0.15) is 0 Å². The molecule has 2 rings (SSSR count). The predicted molar refractivity (Wildman–Crippen MR) is 82.6 cm³/mol. The van der Waals surface area contributed by atoms with E-state index < -0.39 is 0 Å². The monoisotopic (exact) mass is 293 g/mol. The van der Waals surface area contributed by atoms with Gasteiger partial charge in [-0.1, -0.05) is 6.07 Å². The van der Waals surface area contributed by atoms with E-state index in [1.807, 2.05) is 12.1 Å². The molecule has 2 aromatic rings. The van der Waals surface area contributed by atoms with Crippen LogP contribution in [0, 0.1) is 0 Å². The van der Waals surface area contributed by atoms with E-state index in [2.05, 4.69) is 22.8 Å². The van der Waals surface area contributed by atoms with Crippen LogP contribution in [0.25, 0.3) is 0 Å². The predicted octanol–water partition coefficient (Wildman–Crippen LogP) is 3.43. The molecule has 1 heterocycles. The lowest BCUT2D eigenvalue weighted by atomic mass is 10.2. The Morgan fingerprint density at radius 1 is 1.05 bits per heavy atom. The highest BCUT2D eigenvalue weighted by Gasteiger charge is 2.12. The number of rotatable bonds is 7. The van der Waals surface area contributed by atoms with Gasteiger partial charge in [-0.3, -0.25) is 0 Å². The minimum Gasteiger partial charge on any atom is -0.493 e. The molecule has 0 saturated heterocycles. The van der Waals surface area contributed by atoms with Crippen molar-refractivity contribution in [2.24, 2.45) is 0 Å². The van der Waals surface area contributed by atoms with Crippen molar-refractivity contribution in [1.82, 2.24) is 0 Å². The summed E-state index contributed by atoms with van der Waals surface area (Å²) in [6, 6.07) is 8.03. The summed E-state index contributed by atoms with van der Waals surface area (Å²) in [5, 5.41) is 5.47. The summed E-state index contributed by atoms with van der Waals surface area (Å²) in [7, 11) is 4.84. The Morgan fingerprint density at radius 2 is 1.75 bits per heavy atom. The molecule has 0 saturated carbocycles. The van der Waals surface area contributed by atoms with Crippen LogP contribution in [0.4, 0.5) is 5.69 Å². The molecule has 0 bridgehead atoms. The van der Waals surface area contributed by atoms with Gasteiger partial charge < -0.3 is 19.5 Å². The second-order valence-electron chi connectivity index (χ2n) is 4.17. The highest BCUT2D eigenvalue weighted by molar-refractivity contribution is 7.09. The number of ether oxygens (including phenoxy) is 3. The van der Waals surface area contributed by atoms with Gasteiger partial charge in [-0.2, -0.15) is 0 Å². The Labute approximate surface area is 123 Å². The molecule has 0 spiro atoms. The van der Waals surface area contributed by atoms with Crippen molar-refractivity contribution in [3.05, 3.63) is 34.5 Å². The van der Waals surface area contributed by atoms with Crippen molar-refractivity contribution in [3.63, 3.8) is 0 Å². The number of hydrogen-bond acceptors (Lipinski definition) is 5. The fourth-order valence-corrected chi connectivity index (χ4v) is 2.68. The van der Waals surface area contributed by atoms with Crippen molar-refractivity contribution in [1.29, 1.82) is 0 Å². The first-order valence-electron chi connectivity index (χ1n) is 6.34. The molecule has 0 unspecified atom stereocenters. The van der Waals surface area contributed by atoms with Crippen molar-refractivity contribution >= 4 is 17.0 Å². The minimum atomic E-state index is 0.610. The molecular weight excluding hydrogens is 274 g/mol. The highest BCUT2D eigenvalue weighted by Crippen LogP contribution is 2.39. The SMILES string of the molecule is COc1cc(NCCc2cccs2)cc(OC)c1OC. The Balaban J connectivity index is 2.07. The molecule has 108 valence electrons. The molecular formula is C15H19NO3S. The fraction of sp³-hybridized carbons (Fsp3) is 0.333. The average Bonchev–Trinajstić information content (AvgIpc) is 2.99. The van der Waals surface area contributed by atoms with Crippen LogP contribution < -0.4 is 19.5 Å². The lowest BCUT2D eigenvalue weighted by molar-refractivity contribution is 0.324. The van der Waals surface area contributed by atoms with E-state index >= 15 is 0 Å². The maximum absolute atomic E-state index is 5.33. The Bertz CT molecular complexity index is 515. The fourth-order valence-electron chi connectivity index (χ4n) is 1.97. The molecule has 0 aliphatic rings. The van der Waals surface area contributed by atoms with Crippen LogP contribution in [-0.4, -0.2) is 27.9 Å². The van der Waals surface area contributed by atoms with E-state index in [9.17, 15) is 0 Å². The number of benzene rings is 1. The molecule has 1 aromatic carbocycles. The molecule has 0 fully saturated rings. The molecule has 4 nitrogen and oxygen atoms in total. The second kappa shape index (κ2) is 7.05. The standard InChI is InChI=1S/C15H19NO3S/c1-17-13-9-11(10-14(18-2)15(13)19-3)16-7-6-12-5-4-8-20-12/h4-5,8-10,16H,6-7H2,1-3H3. The number of methoxy groups -OCH3 is 3. The van der Waals surface area contributed by atoms with Crippen LogP contribution in [-0.2, 0) is 6.42 Å². The van der Waals surface area contributed by atoms with Gasteiger partial charge in [0.25, 0.3) is 0 Å². The molecule has 0 atom stereocenters. The third-order valence-electron chi connectivity index (χ3n) is 2.95. The Kier molecular flexibility index (Phi) is 5.12. The van der Waals surface area contributed by atoms with Crippen molar-refractivity contribution < 1.29 is 14.2 Å². The lowest BCUT2D eigenvalue weighted by Crippen LogP contribution is -2.05. The van der Waals surface area contributed by atoms with Crippen LogP contribution in [0.2, 0.25) is 0 Å². The number of thiophene rings is 1. The topological polar surface area (TPSA) is 39.7 Å². The van der Waals surface area contributed by atoms with Gasteiger partial charge in [0.15, 0.2) is 11.5 Å². The second-order valence-corrected chi connectivity index (χ2v) is 5.20.